The van der Waals surface area contributed by atoms with Crippen LogP contribution in [0.4, 0.5) is 0 Å². The molecular weight excluding hydrogens is 94.1 g/mol. The van der Waals surface area contributed by atoms with Gasteiger partial charge in [0.25, 0.3) is 0 Å². The molecule has 0 aliphatic heterocycles. The maximum atomic E-state index is 7.75. The third-order valence-electron chi connectivity index (χ3n) is 0.129. The van der Waals surface area contributed by atoms with Crippen LogP contribution in [0.3, 0.4) is 0 Å². The van der Waals surface area contributed by atoms with E-state index in [0.717, 1.165) is 0 Å². The molecule has 0 fully saturated rings. The van der Waals surface area contributed by atoms with Crippen LogP contribution in [0.15, 0.2) is 0 Å². The van der Waals surface area contributed by atoms with E-state index in [0.29, 0.717) is 6.54 Å². The summed E-state index contributed by atoms with van der Waals surface area (Å²) in [6.07, 6.45) is 0. The van der Waals surface area contributed by atoms with Crippen molar-refractivity contribution in [1.29, 1.82) is 0 Å². The largest absolute Gasteiger partial charge is 2.00 e. The Labute approximate surface area is 64.3 Å². The Kier molecular flexibility index (Phi) is 17.0. The van der Waals surface area contributed by atoms with E-state index in [4.69, 9.17) is 10.8 Å². The van der Waals surface area contributed by atoms with Crippen molar-refractivity contribution in [3.63, 3.8) is 0 Å². The van der Waals surface area contributed by atoms with Crippen molar-refractivity contribution < 1.29 is 7.96 Å². The third-order valence-corrected chi connectivity index (χ3v) is 0.129. The quantitative estimate of drug-likeness (QED) is 0.409. The number of hydrogen-bond donors (Lipinski definition) is 2. The molecule has 0 bridgehead atoms. The predicted octanol–water partition coefficient (Wildman–Crippen LogP) is -1.22. The summed E-state index contributed by atoms with van der Waals surface area (Å²) in [5, 5.41) is 7.75. The average molecular weight is 103 g/mol. The average Bonchev–Trinajstić information content (AvgIpc) is 1.37. The van der Waals surface area contributed by atoms with Crippen molar-refractivity contribution in [1.82, 2.24) is 0 Å². The molecule has 0 aromatic heterocycles. The van der Waals surface area contributed by atoms with Crippen molar-refractivity contribution >= 4 is 37.7 Å². The summed E-state index contributed by atoms with van der Waals surface area (Å²) in [6.45, 7) is 0.472. The van der Waals surface area contributed by atoms with Gasteiger partial charge < -0.3 is 13.7 Å². The van der Waals surface area contributed by atoms with Gasteiger partial charge >= 0.3 is 37.7 Å². The maximum Gasteiger partial charge on any atom is 2.00 e. The first-order valence-corrected chi connectivity index (χ1v) is 1.22. The van der Waals surface area contributed by atoms with E-state index >= 15 is 0 Å². The minimum Gasteiger partial charge on any atom is -1.00 e. The second-order valence-corrected chi connectivity index (χ2v) is 0.512. The van der Waals surface area contributed by atoms with Crippen molar-refractivity contribution in [3.8, 4) is 0 Å². The molecule has 0 heterocycles. The summed E-state index contributed by atoms with van der Waals surface area (Å²) in [5.74, 6) is 0. The summed E-state index contributed by atoms with van der Waals surface area (Å²) >= 11 is 0. The molecule has 0 rings (SSSR count). The van der Waals surface area contributed by atoms with Crippen molar-refractivity contribution in [3.05, 3.63) is 0 Å². The van der Waals surface area contributed by atoms with E-state index in [2.05, 4.69) is 0 Å². The third kappa shape index (κ3) is 11.0. The van der Waals surface area contributed by atoms with Gasteiger partial charge in [0.2, 0.25) is 0 Å². The summed E-state index contributed by atoms with van der Waals surface area (Å²) in [7, 11) is 0. The Bertz CT molecular complexity index is 17.7. The van der Waals surface area contributed by atoms with E-state index in [1.165, 1.54) is 0 Å². The van der Waals surface area contributed by atoms with Crippen molar-refractivity contribution in [2.24, 2.45) is 5.73 Å². The Morgan fingerprint density at radius 1 is 1.80 bits per heavy atom. The molecule has 0 spiro atoms. The second-order valence-electron chi connectivity index (χ2n) is 0.512. The zero-order valence-corrected chi connectivity index (χ0v) is 5.35. The molecule has 2 nitrogen and oxygen atoms in total. The van der Waals surface area contributed by atoms with Gasteiger partial charge in [-0.15, -0.1) is 0 Å². The molecule has 5 heavy (non-hydrogen) atoms. The molecule has 0 amide bonds. The van der Waals surface area contributed by atoms with Crippen LogP contribution in [0.25, 0.3) is 0 Å². The van der Waals surface area contributed by atoms with E-state index in [1.807, 2.05) is 0 Å². The molecule has 3 N–H and O–H groups in total. The normalized spacial score (nSPS) is 6.00. The van der Waals surface area contributed by atoms with Gasteiger partial charge in [0.15, 0.2) is 0 Å². The fourth-order valence-electron chi connectivity index (χ4n) is 0. The van der Waals surface area contributed by atoms with Gasteiger partial charge in [-0.2, -0.15) is 0 Å². The van der Waals surface area contributed by atoms with E-state index < -0.39 is 0 Å². The Hall–Kier alpha value is 1.18. The zero-order chi connectivity index (χ0) is 3.41. The number of hydrogen-bond acceptors (Lipinski definition) is 2. The minimum absolute atomic E-state index is 0. The monoisotopic (exact) mass is 103 g/mol. The SMILES string of the molecule is NCCO.[Ca+2].[H-].[H-]. The van der Waals surface area contributed by atoms with Crippen LogP contribution in [0.5, 0.6) is 0 Å². The molecule has 0 unspecified atom stereocenters. The smallest absolute Gasteiger partial charge is 1.00 e. The fraction of sp³-hybridized carbons (Fsp3) is 1.00. The molecule has 0 aliphatic rings. The van der Waals surface area contributed by atoms with Crippen LogP contribution in [-0.2, 0) is 0 Å². The van der Waals surface area contributed by atoms with Gasteiger partial charge in [0, 0.05) is 6.54 Å². The molecule has 0 aromatic carbocycles. The summed E-state index contributed by atoms with van der Waals surface area (Å²) < 4.78 is 0. The maximum absolute atomic E-state index is 7.75. The van der Waals surface area contributed by atoms with Crippen molar-refractivity contribution in [2.45, 2.75) is 0 Å². The molecule has 0 aliphatic carbocycles. The minimum atomic E-state index is 0. The molecule has 0 atom stereocenters. The summed E-state index contributed by atoms with van der Waals surface area (Å²) in [6, 6.07) is 0. The first-order valence-electron chi connectivity index (χ1n) is 1.22. The van der Waals surface area contributed by atoms with Gasteiger partial charge in [-0.05, 0) is 0 Å². The summed E-state index contributed by atoms with van der Waals surface area (Å²) in [5.41, 5.74) is 4.78. The van der Waals surface area contributed by atoms with Crippen LogP contribution in [0.1, 0.15) is 2.85 Å². The Balaban J connectivity index is -0.0000000150. The van der Waals surface area contributed by atoms with Crippen LogP contribution >= 0.6 is 0 Å². The predicted molar refractivity (Wildman–Crippen MR) is 24.1 cm³/mol. The Morgan fingerprint density at radius 2 is 2.00 bits per heavy atom. The van der Waals surface area contributed by atoms with Crippen LogP contribution < -0.4 is 5.73 Å². The molecule has 0 radical (unpaired) electrons. The number of nitrogens with two attached hydrogens (primary N) is 1. The molecule has 30 valence electrons. The van der Waals surface area contributed by atoms with E-state index in [9.17, 15) is 0 Å². The fourth-order valence-corrected chi connectivity index (χ4v) is 0. The van der Waals surface area contributed by atoms with Gasteiger partial charge in [-0.3, -0.25) is 0 Å². The Morgan fingerprint density at radius 3 is 2.00 bits per heavy atom. The standard InChI is InChI=1S/C2H7NO.Ca.2H/c3-1-2-4;;;/h4H,1-3H2;;;/q;+2;2*-1. The van der Waals surface area contributed by atoms with Crippen LogP contribution in [0.2, 0.25) is 0 Å². The molecule has 0 saturated carbocycles. The van der Waals surface area contributed by atoms with Crippen LogP contribution in [0, 0.1) is 0 Å². The second kappa shape index (κ2) is 8.95. The van der Waals surface area contributed by atoms with E-state index in [1.54, 1.807) is 0 Å². The topological polar surface area (TPSA) is 46.2 Å². The summed E-state index contributed by atoms with van der Waals surface area (Å²) in [4.78, 5) is 0. The first kappa shape index (κ1) is 9.49. The van der Waals surface area contributed by atoms with Gasteiger partial charge in [0.1, 0.15) is 0 Å². The molecule has 3 heteroatoms. The van der Waals surface area contributed by atoms with Crippen LogP contribution in [-0.4, -0.2) is 56.0 Å². The zero-order valence-electron chi connectivity index (χ0n) is 5.15. The molecule has 0 aromatic rings. The number of rotatable bonds is 1. The number of aliphatic hydroxyl groups is 1. The first-order chi connectivity index (χ1) is 1.91. The van der Waals surface area contributed by atoms with Gasteiger partial charge in [-0.1, -0.05) is 0 Å². The molecular formula is C2H9CaNO. The number of aliphatic hydroxyl groups excluding tert-OH is 1. The van der Waals surface area contributed by atoms with Gasteiger partial charge in [0.05, 0.1) is 6.61 Å². The molecule has 0 saturated heterocycles. The van der Waals surface area contributed by atoms with E-state index in [-0.39, 0.29) is 47.2 Å². The van der Waals surface area contributed by atoms with Gasteiger partial charge in [-0.25, -0.2) is 0 Å². The van der Waals surface area contributed by atoms with Crippen molar-refractivity contribution in [2.75, 3.05) is 13.2 Å².